The maximum absolute atomic E-state index is 12.7. The molecule has 2 N–H and O–H groups in total. The zero-order valence-electron chi connectivity index (χ0n) is 13.0. The molecule has 4 rings (SSSR count). The molecule has 1 aliphatic heterocycles. The summed E-state index contributed by atoms with van der Waals surface area (Å²) in [5.74, 6) is 0.751. The summed E-state index contributed by atoms with van der Waals surface area (Å²) in [5.41, 5.74) is 2.63. The number of aromatic hydroxyl groups is 1. The number of para-hydroxylation sites is 2. The molecule has 2 heterocycles. The molecule has 0 aliphatic carbocycles. The van der Waals surface area contributed by atoms with E-state index in [9.17, 15) is 9.90 Å². The molecule has 5 nitrogen and oxygen atoms in total. The van der Waals surface area contributed by atoms with Gasteiger partial charge in [-0.25, -0.2) is 4.98 Å². The molecule has 1 aromatic heterocycles. The lowest BCUT2D eigenvalue weighted by Crippen LogP contribution is -2.27. The van der Waals surface area contributed by atoms with Gasteiger partial charge in [0.1, 0.15) is 15.9 Å². The molecule has 1 amide bonds. The summed E-state index contributed by atoms with van der Waals surface area (Å²) in [6.45, 7) is 0.312. The van der Waals surface area contributed by atoms with E-state index in [1.807, 2.05) is 24.3 Å². The molecule has 0 atom stereocenters. The Labute approximate surface area is 153 Å². The minimum Gasteiger partial charge on any atom is -0.508 e. The van der Waals surface area contributed by atoms with E-state index < -0.39 is 0 Å². The number of imidazole rings is 1. The number of fused-ring (bicyclic) bond motifs is 1. The second-order valence-electron chi connectivity index (χ2n) is 5.56. The summed E-state index contributed by atoms with van der Waals surface area (Å²) in [6.07, 6.45) is 1.78. The molecule has 0 bridgehead atoms. The number of nitrogens with one attached hydrogen (secondary N) is 1. The van der Waals surface area contributed by atoms with E-state index in [4.69, 9.17) is 12.2 Å². The molecule has 1 fully saturated rings. The summed E-state index contributed by atoms with van der Waals surface area (Å²) in [5, 5.41) is 9.35. The Balaban J connectivity index is 1.57. The van der Waals surface area contributed by atoms with E-state index in [0.29, 0.717) is 21.6 Å². The largest absolute Gasteiger partial charge is 0.508 e. The first-order chi connectivity index (χ1) is 12.1. The summed E-state index contributed by atoms with van der Waals surface area (Å²) >= 11 is 6.63. The predicted octanol–water partition coefficient (Wildman–Crippen LogP) is 3.67. The second-order valence-corrected chi connectivity index (χ2v) is 7.24. The summed E-state index contributed by atoms with van der Waals surface area (Å²) in [7, 11) is 0. The van der Waals surface area contributed by atoms with Gasteiger partial charge in [0.25, 0.3) is 5.91 Å². The van der Waals surface area contributed by atoms with Crippen LogP contribution in [0.2, 0.25) is 0 Å². The lowest BCUT2D eigenvalue weighted by Gasteiger charge is -2.12. The number of amides is 1. The smallest absolute Gasteiger partial charge is 0.266 e. The SMILES string of the molecule is O=C1/C(=C/c2ccc(O)cc2)SC(=S)N1Cc1nc2ccccc2[nH]1. The van der Waals surface area contributed by atoms with Crippen LogP contribution in [-0.4, -0.2) is 30.2 Å². The Kier molecular flexibility index (Phi) is 4.03. The molecule has 2 aromatic carbocycles. The number of hydrogen-bond acceptors (Lipinski definition) is 5. The quantitative estimate of drug-likeness (QED) is 0.546. The van der Waals surface area contributed by atoms with Crippen LogP contribution in [0.5, 0.6) is 5.75 Å². The number of thioether (sulfide) groups is 1. The molecule has 1 aliphatic rings. The van der Waals surface area contributed by atoms with Crippen LogP contribution in [0.4, 0.5) is 0 Å². The van der Waals surface area contributed by atoms with Gasteiger partial charge < -0.3 is 10.1 Å². The zero-order valence-corrected chi connectivity index (χ0v) is 14.6. The van der Waals surface area contributed by atoms with Gasteiger partial charge in [0, 0.05) is 0 Å². The van der Waals surface area contributed by atoms with Gasteiger partial charge in [0.05, 0.1) is 22.5 Å². The van der Waals surface area contributed by atoms with E-state index in [0.717, 1.165) is 16.6 Å². The van der Waals surface area contributed by atoms with E-state index in [2.05, 4.69) is 9.97 Å². The number of benzene rings is 2. The predicted molar refractivity (Wildman–Crippen MR) is 103 cm³/mol. The van der Waals surface area contributed by atoms with Crippen molar-refractivity contribution < 1.29 is 9.90 Å². The van der Waals surface area contributed by atoms with Gasteiger partial charge in [0.2, 0.25) is 0 Å². The summed E-state index contributed by atoms with van der Waals surface area (Å²) in [4.78, 5) is 22.5. The Morgan fingerprint density at radius 2 is 1.96 bits per heavy atom. The number of nitrogens with zero attached hydrogens (tertiary/aromatic N) is 2. The molecule has 1 saturated heterocycles. The Hall–Kier alpha value is -2.64. The number of carbonyl (C=O) groups is 1. The van der Waals surface area contributed by atoms with Crippen molar-refractivity contribution in [2.75, 3.05) is 0 Å². The number of thiocarbonyl (C=S) groups is 1. The molecular formula is C18H13N3O2S2. The number of aromatic amines is 1. The standard InChI is InChI=1S/C18H13N3O2S2/c22-12-7-5-11(6-8-12)9-15-17(23)21(18(24)25-15)10-16-19-13-3-1-2-4-14(13)20-16/h1-9,22H,10H2,(H,19,20)/b15-9-. The summed E-state index contributed by atoms with van der Waals surface area (Å²) < 4.78 is 0.510. The molecule has 0 unspecified atom stereocenters. The molecular weight excluding hydrogens is 354 g/mol. The topological polar surface area (TPSA) is 69.2 Å². The van der Waals surface area contributed by atoms with Crippen molar-refractivity contribution >= 4 is 51.3 Å². The maximum atomic E-state index is 12.7. The normalized spacial score (nSPS) is 16.3. The fraction of sp³-hybridized carbons (Fsp3) is 0.0556. The van der Waals surface area contributed by atoms with Crippen LogP contribution in [-0.2, 0) is 11.3 Å². The van der Waals surface area contributed by atoms with Crippen molar-refractivity contribution in [1.29, 1.82) is 0 Å². The van der Waals surface area contributed by atoms with Crippen LogP contribution < -0.4 is 0 Å². The van der Waals surface area contributed by atoms with E-state index in [1.165, 1.54) is 11.8 Å². The van der Waals surface area contributed by atoms with E-state index in [-0.39, 0.29) is 11.7 Å². The fourth-order valence-electron chi connectivity index (χ4n) is 2.59. The van der Waals surface area contributed by atoms with Gasteiger partial charge in [-0.1, -0.05) is 48.2 Å². The number of aromatic nitrogens is 2. The van der Waals surface area contributed by atoms with Gasteiger partial charge >= 0.3 is 0 Å². The number of hydrogen-bond donors (Lipinski definition) is 2. The van der Waals surface area contributed by atoms with Crippen LogP contribution in [0, 0.1) is 0 Å². The Bertz CT molecular complexity index is 976. The Morgan fingerprint density at radius 1 is 1.20 bits per heavy atom. The van der Waals surface area contributed by atoms with E-state index >= 15 is 0 Å². The number of H-pyrrole nitrogens is 1. The fourth-order valence-corrected chi connectivity index (χ4v) is 3.84. The van der Waals surface area contributed by atoms with Crippen LogP contribution >= 0.6 is 24.0 Å². The molecule has 0 saturated carbocycles. The first kappa shape index (κ1) is 15.9. The first-order valence-corrected chi connectivity index (χ1v) is 8.81. The molecule has 0 radical (unpaired) electrons. The van der Waals surface area contributed by atoms with Gasteiger partial charge in [0.15, 0.2) is 0 Å². The third-order valence-electron chi connectivity index (χ3n) is 3.81. The highest BCUT2D eigenvalue weighted by atomic mass is 32.2. The van der Waals surface area contributed by atoms with Crippen LogP contribution in [0.15, 0.2) is 53.4 Å². The highest BCUT2D eigenvalue weighted by Crippen LogP contribution is 2.33. The van der Waals surface area contributed by atoms with Gasteiger partial charge in [-0.15, -0.1) is 0 Å². The third-order valence-corrected chi connectivity index (χ3v) is 5.19. The molecule has 3 aromatic rings. The molecule has 124 valence electrons. The van der Waals surface area contributed by atoms with Crippen molar-refractivity contribution in [2.24, 2.45) is 0 Å². The van der Waals surface area contributed by atoms with Crippen LogP contribution in [0.25, 0.3) is 17.1 Å². The van der Waals surface area contributed by atoms with Gasteiger partial charge in [-0.05, 0) is 35.9 Å². The first-order valence-electron chi connectivity index (χ1n) is 7.58. The summed E-state index contributed by atoms with van der Waals surface area (Å²) in [6, 6.07) is 14.4. The molecule has 7 heteroatoms. The minimum absolute atomic E-state index is 0.136. The number of carbonyl (C=O) groups excluding carboxylic acids is 1. The highest BCUT2D eigenvalue weighted by Gasteiger charge is 2.32. The number of phenols is 1. The molecule has 25 heavy (non-hydrogen) atoms. The van der Waals surface area contributed by atoms with Gasteiger partial charge in [-0.2, -0.15) is 0 Å². The van der Waals surface area contributed by atoms with Gasteiger partial charge in [-0.3, -0.25) is 9.69 Å². The highest BCUT2D eigenvalue weighted by molar-refractivity contribution is 8.26. The second kappa shape index (κ2) is 6.34. The third kappa shape index (κ3) is 3.16. The number of rotatable bonds is 3. The number of phenolic OH excluding ortho intramolecular Hbond substituents is 1. The van der Waals surface area contributed by atoms with Crippen LogP contribution in [0.3, 0.4) is 0 Å². The van der Waals surface area contributed by atoms with Crippen molar-refractivity contribution in [2.45, 2.75) is 6.54 Å². The average Bonchev–Trinajstić information content (AvgIpc) is 3.13. The van der Waals surface area contributed by atoms with Crippen molar-refractivity contribution in [3.05, 3.63) is 64.8 Å². The Morgan fingerprint density at radius 3 is 2.72 bits per heavy atom. The van der Waals surface area contributed by atoms with Crippen molar-refractivity contribution in [3.63, 3.8) is 0 Å². The van der Waals surface area contributed by atoms with Crippen molar-refractivity contribution in [1.82, 2.24) is 14.9 Å². The van der Waals surface area contributed by atoms with Crippen LogP contribution in [0.1, 0.15) is 11.4 Å². The lowest BCUT2D eigenvalue weighted by atomic mass is 10.2. The monoisotopic (exact) mass is 367 g/mol. The average molecular weight is 367 g/mol. The maximum Gasteiger partial charge on any atom is 0.266 e. The lowest BCUT2D eigenvalue weighted by molar-refractivity contribution is -0.122. The minimum atomic E-state index is -0.136. The van der Waals surface area contributed by atoms with Crippen molar-refractivity contribution in [3.8, 4) is 5.75 Å². The zero-order chi connectivity index (χ0) is 17.4. The van der Waals surface area contributed by atoms with E-state index in [1.54, 1.807) is 35.2 Å². The molecule has 0 spiro atoms.